The SMILES string of the molecule is CC(=S)Cc1nc(Cl)c([N+](=O)[O-])c(Cl)n1. The lowest BCUT2D eigenvalue weighted by molar-refractivity contribution is -0.385. The molecule has 1 heterocycles. The van der Waals surface area contributed by atoms with Gasteiger partial charge in [-0.05, 0) is 11.8 Å². The molecule has 0 unspecified atom stereocenters. The van der Waals surface area contributed by atoms with Gasteiger partial charge in [0.2, 0.25) is 10.3 Å². The zero-order valence-corrected chi connectivity index (χ0v) is 9.86. The summed E-state index contributed by atoms with van der Waals surface area (Å²) in [4.78, 5) is 17.9. The molecule has 1 aromatic heterocycles. The smallest absolute Gasteiger partial charge is 0.258 e. The molecule has 80 valence electrons. The van der Waals surface area contributed by atoms with E-state index in [0.717, 1.165) is 0 Å². The van der Waals surface area contributed by atoms with Gasteiger partial charge in [0.25, 0.3) is 0 Å². The second kappa shape index (κ2) is 4.78. The predicted molar refractivity (Wildman–Crippen MR) is 60.7 cm³/mol. The van der Waals surface area contributed by atoms with Gasteiger partial charge in [-0.25, -0.2) is 9.97 Å². The van der Waals surface area contributed by atoms with E-state index in [0.29, 0.717) is 11.3 Å². The van der Waals surface area contributed by atoms with E-state index in [4.69, 9.17) is 35.4 Å². The molecule has 0 atom stereocenters. The Bertz CT molecular complexity index is 415. The van der Waals surface area contributed by atoms with Crippen LogP contribution in [0.2, 0.25) is 10.3 Å². The molecule has 5 nitrogen and oxygen atoms in total. The number of thiocarbonyl (C=S) groups is 1. The minimum Gasteiger partial charge on any atom is -0.258 e. The van der Waals surface area contributed by atoms with Crippen LogP contribution in [0.3, 0.4) is 0 Å². The first kappa shape index (κ1) is 12.2. The third-order valence-corrected chi connectivity index (χ3v) is 2.11. The first-order valence-corrected chi connectivity index (χ1v) is 4.94. The van der Waals surface area contributed by atoms with Crippen LogP contribution in [0.5, 0.6) is 0 Å². The Balaban J connectivity index is 3.19. The zero-order valence-electron chi connectivity index (χ0n) is 7.53. The summed E-state index contributed by atoms with van der Waals surface area (Å²) in [5.41, 5.74) is -0.482. The van der Waals surface area contributed by atoms with Crippen molar-refractivity contribution in [3.63, 3.8) is 0 Å². The molecule has 0 aliphatic heterocycles. The molecule has 0 amide bonds. The van der Waals surface area contributed by atoms with E-state index in [1.165, 1.54) is 0 Å². The highest BCUT2D eigenvalue weighted by molar-refractivity contribution is 7.80. The van der Waals surface area contributed by atoms with Crippen LogP contribution in [0.4, 0.5) is 5.69 Å². The van der Waals surface area contributed by atoms with Gasteiger partial charge in [-0.2, -0.15) is 0 Å². The van der Waals surface area contributed by atoms with E-state index < -0.39 is 10.6 Å². The summed E-state index contributed by atoms with van der Waals surface area (Å²) < 4.78 is 0. The molecule has 0 N–H and O–H groups in total. The first-order chi connectivity index (χ1) is 6.91. The highest BCUT2D eigenvalue weighted by Crippen LogP contribution is 2.28. The van der Waals surface area contributed by atoms with Gasteiger partial charge in [-0.3, -0.25) is 10.1 Å². The molecule has 0 fully saturated rings. The van der Waals surface area contributed by atoms with Crippen LogP contribution in [0.1, 0.15) is 12.7 Å². The molecule has 1 aromatic rings. The van der Waals surface area contributed by atoms with Crippen LogP contribution >= 0.6 is 35.4 Å². The first-order valence-electron chi connectivity index (χ1n) is 3.77. The van der Waals surface area contributed by atoms with Crippen molar-refractivity contribution >= 4 is 46.0 Å². The fourth-order valence-electron chi connectivity index (χ4n) is 0.895. The van der Waals surface area contributed by atoms with Gasteiger partial charge in [-0.1, -0.05) is 35.4 Å². The van der Waals surface area contributed by atoms with Gasteiger partial charge in [0.1, 0.15) is 5.82 Å². The Hall–Kier alpha value is -0.850. The summed E-state index contributed by atoms with van der Waals surface area (Å²) in [5.74, 6) is 0.281. The van der Waals surface area contributed by atoms with E-state index in [9.17, 15) is 10.1 Å². The van der Waals surface area contributed by atoms with Crippen LogP contribution < -0.4 is 0 Å². The minimum absolute atomic E-state index is 0.272. The third-order valence-electron chi connectivity index (χ3n) is 1.43. The lowest BCUT2D eigenvalue weighted by Gasteiger charge is -2.01. The Morgan fingerprint density at radius 3 is 2.27 bits per heavy atom. The lowest BCUT2D eigenvalue weighted by Crippen LogP contribution is -2.04. The van der Waals surface area contributed by atoms with Gasteiger partial charge in [0.15, 0.2) is 0 Å². The number of nitrogens with zero attached hydrogens (tertiary/aromatic N) is 3. The summed E-state index contributed by atoms with van der Waals surface area (Å²) >= 11 is 16.0. The van der Waals surface area contributed by atoms with Gasteiger partial charge in [0.05, 0.1) is 4.92 Å². The molecular formula is C7H5Cl2N3O2S. The fourth-order valence-corrected chi connectivity index (χ4v) is 1.58. The number of hydrogen-bond acceptors (Lipinski definition) is 5. The second-order valence-corrected chi connectivity index (χ2v) is 4.12. The largest absolute Gasteiger partial charge is 0.343 e. The summed E-state index contributed by atoms with van der Waals surface area (Å²) in [6.07, 6.45) is 0.312. The summed E-state index contributed by atoms with van der Waals surface area (Å²) in [6.45, 7) is 1.71. The van der Waals surface area contributed by atoms with E-state index >= 15 is 0 Å². The summed E-state index contributed by atoms with van der Waals surface area (Å²) in [7, 11) is 0. The van der Waals surface area contributed by atoms with Crippen molar-refractivity contribution in [3.8, 4) is 0 Å². The number of aromatic nitrogens is 2. The normalized spacial score (nSPS) is 10.1. The predicted octanol–water partition coefficient (Wildman–Crippen LogP) is 2.62. The molecule has 0 spiro atoms. The fraction of sp³-hybridized carbons (Fsp3) is 0.286. The van der Waals surface area contributed by atoms with E-state index in [1.54, 1.807) is 6.92 Å². The molecule has 0 aliphatic carbocycles. The van der Waals surface area contributed by atoms with Crippen molar-refractivity contribution in [1.82, 2.24) is 9.97 Å². The molecular weight excluding hydrogens is 261 g/mol. The number of halogens is 2. The maximum absolute atomic E-state index is 10.5. The monoisotopic (exact) mass is 265 g/mol. The number of nitro groups is 1. The van der Waals surface area contributed by atoms with Gasteiger partial charge >= 0.3 is 5.69 Å². The summed E-state index contributed by atoms with van der Waals surface area (Å²) in [6, 6.07) is 0. The van der Waals surface area contributed by atoms with Crippen LogP contribution in [0.25, 0.3) is 0 Å². The summed E-state index contributed by atoms with van der Waals surface area (Å²) in [5, 5.41) is 9.96. The highest BCUT2D eigenvalue weighted by Gasteiger charge is 2.21. The molecule has 0 aliphatic rings. The van der Waals surface area contributed by atoms with E-state index in [1.807, 2.05) is 0 Å². The molecule has 0 radical (unpaired) electrons. The zero-order chi connectivity index (χ0) is 11.6. The van der Waals surface area contributed by atoms with Gasteiger partial charge < -0.3 is 0 Å². The maximum atomic E-state index is 10.5. The van der Waals surface area contributed by atoms with Gasteiger partial charge in [0, 0.05) is 6.42 Å². The van der Waals surface area contributed by atoms with Crippen LogP contribution in [-0.2, 0) is 6.42 Å². The second-order valence-electron chi connectivity index (χ2n) is 2.71. The highest BCUT2D eigenvalue weighted by atomic mass is 35.5. The Morgan fingerprint density at radius 1 is 1.47 bits per heavy atom. The minimum atomic E-state index is -0.723. The molecule has 0 saturated heterocycles. The molecule has 0 bridgehead atoms. The van der Waals surface area contributed by atoms with Crippen molar-refractivity contribution in [2.24, 2.45) is 0 Å². The van der Waals surface area contributed by atoms with E-state index in [-0.39, 0.29) is 16.1 Å². The van der Waals surface area contributed by atoms with Crippen LogP contribution in [-0.4, -0.2) is 19.8 Å². The number of rotatable bonds is 3. The van der Waals surface area contributed by atoms with Crippen molar-refractivity contribution < 1.29 is 4.92 Å². The van der Waals surface area contributed by atoms with Gasteiger partial charge in [-0.15, -0.1) is 0 Å². The number of hydrogen-bond donors (Lipinski definition) is 0. The van der Waals surface area contributed by atoms with Crippen LogP contribution in [0, 0.1) is 10.1 Å². The molecule has 8 heteroatoms. The van der Waals surface area contributed by atoms with E-state index in [2.05, 4.69) is 9.97 Å². The van der Waals surface area contributed by atoms with Crippen molar-refractivity contribution in [1.29, 1.82) is 0 Å². The van der Waals surface area contributed by atoms with Crippen LogP contribution in [0.15, 0.2) is 0 Å². The molecule has 1 rings (SSSR count). The Labute approximate surface area is 101 Å². The maximum Gasteiger partial charge on any atom is 0.343 e. The van der Waals surface area contributed by atoms with Crippen molar-refractivity contribution in [3.05, 3.63) is 26.2 Å². The molecule has 15 heavy (non-hydrogen) atoms. The quantitative estimate of drug-likeness (QED) is 0.364. The average Bonchev–Trinajstić information content (AvgIpc) is 1.99. The molecule has 0 aromatic carbocycles. The molecule has 0 saturated carbocycles. The van der Waals surface area contributed by atoms with Crippen molar-refractivity contribution in [2.45, 2.75) is 13.3 Å². The Kier molecular flexibility index (Phi) is 3.90. The lowest BCUT2D eigenvalue weighted by atomic mass is 10.3. The van der Waals surface area contributed by atoms with Crippen molar-refractivity contribution in [2.75, 3.05) is 0 Å². The Morgan fingerprint density at radius 2 is 1.93 bits per heavy atom. The third kappa shape index (κ3) is 3.05. The standard InChI is InChI=1S/C7H5Cl2N3O2S/c1-3(15)2-4-10-6(8)5(12(13)14)7(9)11-4/h2H2,1H3. The average molecular weight is 266 g/mol. The topological polar surface area (TPSA) is 68.9 Å².